The number of nitrogens with one attached hydrogen (secondary N) is 1. The first-order valence-corrected chi connectivity index (χ1v) is 7.45. The summed E-state index contributed by atoms with van der Waals surface area (Å²) in [6.45, 7) is 3.41. The van der Waals surface area contributed by atoms with E-state index >= 15 is 0 Å². The lowest BCUT2D eigenvalue weighted by atomic mass is 9.87. The standard InChI is InChI=1S/C13H19N2OP/c1-13(11-7-4-3-5-8-11)12-9-6-10-15(12)17(14-2)16-13/h3-5,7-8,12,14H,6,9-10H2,1-2H3/t12-,13+,17+/m0/s1. The van der Waals surface area contributed by atoms with Gasteiger partial charge in [-0.05, 0) is 32.4 Å². The lowest BCUT2D eigenvalue weighted by molar-refractivity contribution is 0.0877. The molecule has 1 aromatic carbocycles. The Morgan fingerprint density at radius 1 is 1.41 bits per heavy atom. The minimum Gasteiger partial charge on any atom is -0.319 e. The van der Waals surface area contributed by atoms with Crippen LogP contribution in [0.25, 0.3) is 0 Å². The molecule has 0 aromatic heterocycles. The molecule has 2 aliphatic heterocycles. The summed E-state index contributed by atoms with van der Waals surface area (Å²) < 4.78 is 8.85. The Morgan fingerprint density at radius 2 is 2.18 bits per heavy atom. The van der Waals surface area contributed by atoms with E-state index in [1.54, 1.807) is 0 Å². The van der Waals surface area contributed by atoms with Crippen LogP contribution in [0.5, 0.6) is 0 Å². The van der Waals surface area contributed by atoms with Gasteiger partial charge in [0.05, 0.1) is 6.04 Å². The van der Waals surface area contributed by atoms with Crippen molar-refractivity contribution in [1.29, 1.82) is 0 Å². The SMILES string of the molecule is CN[P@@]1O[C@](C)(c2ccccc2)[C@@H]2CCCN21. The highest BCUT2D eigenvalue weighted by molar-refractivity contribution is 7.48. The van der Waals surface area contributed by atoms with Crippen molar-refractivity contribution in [2.45, 2.75) is 31.4 Å². The molecular formula is C13H19N2OP. The van der Waals surface area contributed by atoms with E-state index in [0.29, 0.717) is 6.04 Å². The van der Waals surface area contributed by atoms with Gasteiger partial charge < -0.3 is 4.52 Å². The normalized spacial score (nSPS) is 37.3. The number of hydrogen-bond donors (Lipinski definition) is 1. The van der Waals surface area contributed by atoms with Crippen molar-refractivity contribution in [2.75, 3.05) is 13.6 Å². The molecule has 0 radical (unpaired) electrons. The average Bonchev–Trinajstić information content (AvgIpc) is 2.94. The van der Waals surface area contributed by atoms with Crippen LogP contribution in [0, 0.1) is 0 Å². The third-order valence-corrected chi connectivity index (χ3v) is 5.79. The summed E-state index contributed by atoms with van der Waals surface area (Å²) in [7, 11) is 1.39. The third-order valence-electron chi connectivity index (χ3n) is 3.91. The maximum Gasteiger partial charge on any atom is 0.186 e. The Balaban J connectivity index is 1.97. The van der Waals surface area contributed by atoms with Crippen molar-refractivity contribution in [2.24, 2.45) is 0 Å². The zero-order valence-corrected chi connectivity index (χ0v) is 11.3. The quantitative estimate of drug-likeness (QED) is 0.817. The molecule has 4 heteroatoms. The number of benzene rings is 1. The molecule has 0 saturated carbocycles. The zero-order valence-electron chi connectivity index (χ0n) is 10.4. The van der Waals surface area contributed by atoms with E-state index in [1.165, 1.54) is 24.9 Å². The lowest BCUT2D eigenvalue weighted by Gasteiger charge is -2.29. The molecule has 3 rings (SSSR count). The van der Waals surface area contributed by atoms with E-state index in [0.717, 1.165) is 0 Å². The van der Waals surface area contributed by atoms with Gasteiger partial charge >= 0.3 is 0 Å². The summed E-state index contributed by atoms with van der Waals surface area (Å²) in [5.74, 6) is 0. The second kappa shape index (κ2) is 4.33. The summed E-state index contributed by atoms with van der Waals surface area (Å²) in [5.41, 5.74) is 1.16. The fraction of sp³-hybridized carbons (Fsp3) is 0.538. The van der Waals surface area contributed by atoms with Crippen LogP contribution < -0.4 is 5.09 Å². The fourth-order valence-corrected chi connectivity index (χ4v) is 4.96. The van der Waals surface area contributed by atoms with Crippen molar-refractivity contribution in [3.05, 3.63) is 35.9 Å². The Kier molecular flexibility index (Phi) is 2.95. The highest BCUT2D eigenvalue weighted by Crippen LogP contribution is 2.59. The monoisotopic (exact) mass is 250 g/mol. The van der Waals surface area contributed by atoms with Crippen LogP contribution in [0.2, 0.25) is 0 Å². The maximum atomic E-state index is 6.33. The topological polar surface area (TPSA) is 24.5 Å². The summed E-state index contributed by atoms with van der Waals surface area (Å²) >= 11 is 0. The Morgan fingerprint density at radius 3 is 2.88 bits per heavy atom. The van der Waals surface area contributed by atoms with Crippen LogP contribution >= 0.6 is 8.45 Å². The second-order valence-electron chi connectivity index (χ2n) is 4.88. The highest BCUT2D eigenvalue weighted by Gasteiger charge is 2.53. The second-order valence-corrected chi connectivity index (χ2v) is 6.57. The molecule has 2 saturated heterocycles. The molecule has 3 atom stereocenters. The smallest absolute Gasteiger partial charge is 0.186 e. The number of fused-ring (bicyclic) bond motifs is 1. The van der Waals surface area contributed by atoms with Gasteiger partial charge in [0.25, 0.3) is 0 Å². The van der Waals surface area contributed by atoms with E-state index < -0.39 is 8.45 Å². The van der Waals surface area contributed by atoms with Crippen LogP contribution in [0.1, 0.15) is 25.3 Å². The number of rotatable bonds is 2. The molecular weight excluding hydrogens is 231 g/mol. The van der Waals surface area contributed by atoms with E-state index in [-0.39, 0.29) is 5.60 Å². The van der Waals surface area contributed by atoms with Crippen LogP contribution in [-0.4, -0.2) is 24.3 Å². The van der Waals surface area contributed by atoms with Gasteiger partial charge in [-0.25, -0.2) is 4.67 Å². The molecule has 0 aliphatic carbocycles. The molecule has 0 bridgehead atoms. The Hall–Kier alpha value is -0.470. The van der Waals surface area contributed by atoms with Crippen molar-refractivity contribution in [3.63, 3.8) is 0 Å². The zero-order chi connectivity index (χ0) is 11.9. The summed E-state index contributed by atoms with van der Waals surface area (Å²) in [4.78, 5) is 0. The molecule has 1 N–H and O–H groups in total. The minimum absolute atomic E-state index is 0.146. The summed E-state index contributed by atoms with van der Waals surface area (Å²) in [6.07, 6.45) is 2.53. The lowest BCUT2D eigenvalue weighted by Crippen LogP contribution is -2.36. The van der Waals surface area contributed by atoms with Crippen molar-refractivity contribution < 1.29 is 4.52 Å². The molecule has 2 heterocycles. The van der Waals surface area contributed by atoms with Gasteiger partial charge in [-0.2, -0.15) is 0 Å². The van der Waals surface area contributed by atoms with Gasteiger partial charge in [0.2, 0.25) is 0 Å². The number of nitrogens with zero attached hydrogens (tertiary/aromatic N) is 1. The molecule has 0 spiro atoms. The number of hydrogen-bond acceptors (Lipinski definition) is 3. The van der Waals surface area contributed by atoms with E-state index in [2.05, 4.69) is 47.0 Å². The summed E-state index contributed by atoms with van der Waals surface area (Å²) in [5, 5.41) is 3.33. The predicted molar refractivity (Wildman–Crippen MR) is 70.6 cm³/mol. The van der Waals surface area contributed by atoms with Crippen LogP contribution in [0.15, 0.2) is 30.3 Å². The first kappa shape index (κ1) is 11.6. The molecule has 1 aromatic rings. The van der Waals surface area contributed by atoms with E-state index in [1.807, 2.05) is 7.05 Å². The van der Waals surface area contributed by atoms with Gasteiger partial charge in [-0.15, -0.1) is 0 Å². The fourth-order valence-electron chi connectivity index (χ4n) is 3.01. The van der Waals surface area contributed by atoms with Crippen molar-refractivity contribution >= 4 is 8.45 Å². The third kappa shape index (κ3) is 1.73. The van der Waals surface area contributed by atoms with Crippen LogP contribution in [-0.2, 0) is 10.1 Å². The van der Waals surface area contributed by atoms with Gasteiger partial charge in [0.1, 0.15) is 5.60 Å². The molecule has 0 amide bonds. The summed E-state index contributed by atoms with van der Waals surface area (Å²) in [6, 6.07) is 11.2. The van der Waals surface area contributed by atoms with Gasteiger partial charge in [-0.3, -0.25) is 5.09 Å². The molecule has 2 fully saturated rings. The van der Waals surface area contributed by atoms with Crippen LogP contribution in [0.3, 0.4) is 0 Å². The van der Waals surface area contributed by atoms with E-state index in [9.17, 15) is 0 Å². The first-order valence-electron chi connectivity index (χ1n) is 6.24. The molecule has 2 aliphatic rings. The predicted octanol–water partition coefficient (Wildman–Crippen LogP) is 2.84. The largest absolute Gasteiger partial charge is 0.319 e. The highest BCUT2D eigenvalue weighted by atomic mass is 31.2. The molecule has 92 valence electrons. The molecule has 3 nitrogen and oxygen atoms in total. The van der Waals surface area contributed by atoms with Gasteiger partial charge in [-0.1, -0.05) is 30.3 Å². The minimum atomic E-state index is -0.611. The Bertz CT molecular complexity index is 400. The van der Waals surface area contributed by atoms with Crippen LogP contribution in [0.4, 0.5) is 0 Å². The van der Waals surface area contributed by atoms with Gasteiger partial charge in [0, 0.05) is 6.54 Å². The molecule has 0 unspecified atom stereocenters. The first-order chi connectivity index (χ1) is 8.25. The van der Waals surface area contributed by atoms with Crippen molar-refractivity contribution in [1.82, 2.24) is 9.76 Å². The maximum absolute atomic E-state index is 6.33. The van der Waals surface area contributed by atoms with Crippen molar-refractivity contribution in [3.8, 4) is 0 Å². The Labute approximate surface area is 104 Å². The van der Waals surface area contributed by atoms with E-state index in [4.69, 9.17) is 4.52 Å². The average molecular weight is 250 g/mol. The van der Waals surface area contributed by atoms with Gasteiger partial charge in [0.15, 0.2) is 8.45 Å². The molecule has 17 heavy (non-hydrogen) atoms.